The van der Waals surface area contributed by atoms with Crippen molar-refractivity contribution in [3.63, 3.8) is 0 Å². The molecule has 1 atom stereocenters. The van der Waals surface area contributed by atoms with Crippen molar-refractivity contribution in [1.29, 1.82) is 0 Å². The van der Waals surface area contributed by atoms with Crippen molar-refractivity contribution in [2.24, 2.45) is 0 Å². The molecule has 1 aromatic rings. The maximum atomic E-state index is 12.4. The Morgan fingerprint density at radius 2 is 1.81 bits per heavy atom. The van der Waals surface area contributed by atoms with E-state index in [-0.39, 0.29) is 17.2 Å². The van der Waals surface area contributed by atoms with Crippen LogP contribution in [0.4, 0.5) is 0 Å². The predicted molar refractivity (Wildman–Crippen MR) is 108 cm³/mol. The lowest BCUT2D eigenvalue weighted by molar-refractivity contribution is -0.129. The van der Waals surface area contributed by atoms with Crippen LogP contribution in [0.3, 0.4) is 0 Å². The number of carbonyl (C=O) groups excluding carboxylic acids is 2. The van der Waals surface area contributed by atoms with Gasteiger partial charge < -0.3 is 9.80 Å². The molecule has 2 saturated heterocycles. The van der Waals surface area contributed by atoms with E-state index >= 15 is 0 Å². The number of ketones is 1. The zero-order chi connectivity index (χ0) is 19.4. The number of nitrogens with zero attached hydrogens (tertiary/aromatic N) is 3. The topological polar surface area (TPSA) is 43.9 Å². The second-order valence-corrected chi connectivity index (χ2v) is 8.38. The molecule has 0 radical (unpaired) electrons. The maximum Gasteiger partial charge on any atom is 0.222 e. The molecule has 3 rings (SSSR count). The molecule has 0 aliphatic carbocycles. The Hall–Kier alpha value is -1.72. The Labute approximate surface area is 163 Å². The normalized spacial score (nSPS) is 25.0. The standard InChI is InChI=1S/C22H33N3O2/c1-18-6-8-19(9-7-18)20(26)5-4-13-25-16-15-24(3)22(17-25)11-10-21(27)23(2)14-12-22/h6-9H,4-5,10-17H2,1-3H3/t22-/m1/s1. The average Bonchev–Trinajstić information content (AvgIpc) is 2.80. The minimum absolute atomic E-state index is 0.0969. The Morgan fingerprint density at radius 1 is 1.07 bits per heavy atom. The molecule has 2 heterocycles. The first-order valence-electron chi connectivity index (χ1n) is 10.2. The molecule has 0 bridgehead atoms. The van der Waals surface area contributed by atoms with Crippen LogP contribution in [0.5, 0.6) is 0 Å². The number of hydrogen-bond donors (Lipinski definition) is 0. The highest BCUT2D eigenvalue weighted by Crippen LogP contribution is 2.31. The molecule has 2 fully saturated rings. The van der Waals surface area contributed by atoms with Crippen molar-refractivity contribution < 1.29 is 9.59 Å². The van der Waals surface area contributed by atoms with Crippen LogP contribution >= 0.6 is 0 Å². The van der Waals surface area contributed by atoms with Gasteiger partial charge >= 0.3 is 0 Å². The molecule has 1 amide bonds. The van der Waals surface area contributed by atoms with Gasteiger partial charge in [0.15, 0.2) is 5.78 Å². The monoisotopic (exact) mass is 371 g/mol. The molecule has 0 N–H and O–H groups in total. The number of amides is 1. The number of likely N-dealkylation sites (tertiary alicyclic amines) is 1. The number of carbonyl (C=O) groups is 2. The van der Waals surface area contributed by atoms with Gasteiger partial charge in [0.25, 0.3) is 0 Å². The van der Waals surface area contributed by atoms with E-state index < -0.39 is 0 Å². The van der Waals surface area contributed by atoms with E-state index in [0.717, 1.165) is 57.5 Å². The Kier molecular flexibility index (Phi) is 6.33. The van der Waals surface area contributed by atoms with Crippen LogP contribution in [-0.4, -0.2) is 78.7 Å². The van der Waals surface area contributed by atoms with E-state index in [1.54, 1.807) is 0 Å². The van der Waals surface area contributed by atoms with Crippen LogP contribution in [0.2, 0.25) is 0 Å². The van der Waals surface area contributed by atoms with E-state index in [1.165, 1.54) is 5.56 Å². The fourth-order valence-corrected chi connectivity index (χ4v) is 4.38. The van der Waals surface area contributed by atoms with E-state index in [9.17, 15) is 9.59 Å². The SMILES string of the molecule is Cc1ccc(C(=O)CCCN2CCN(C)[C@@]3(CCC(=O)N(C)CC3)C2)cc1. The zero-order valence-corrected chi connectivity index (χ0v) is 17.0. The molecule has 148 valence electrons. The first-order valence-corrected chi connectivity index (χ1v) is 10.2. The summed E-state index contributed by atoms with van der Waals surface area (Å²) in [5.41, 5.74) is 2.10. The summed E-state index contributed by atoms with van der Waals surface area (Å²) in [5.74, 6) is 0.502. The maximum absolute atomic E-state index is 12.4. The van der Waals surface area contributed by atoms with Crippen molar-refractivity contribution in [1.82, 2.24) is 14.7 Å². The number of hydrogen-bond acceptors (Lipinski definition) is 4. The highest BCUT2D eigenvalue weighted by atomic mass is 16.2. The highest BCUT2D eigenvalue weighted by Gasteiger charge is 2.41. The Bertz CT molecular complexity index is 673. The van der Waals surface area contributed by atoms with Crippen molar-refractivity contribution in [3.05, 3.63) is 35.4 Å². The molecule has 5 nitrogen and oxygen atoms in total. The number of likely N-dealkylation sites (N-methyl/N-ethyl adjacent to an activating group) is 1. The van der Waals surface area contributed by atoms with E-state index in [2.05, 4.69) is 16.8 Å². The largest absolute Gasteiger partial charge is 0.346 e. The van der Waals surface area contributed by atoms with E-state index in [1.807, 2.05) is 43.1 Å². The van der Waals surface area contributed by atoms with Gasteiger partial charge in [0.2, 0.25) is 5.91 Å². The lowest BCUT2D eigenvalue weighted by Gasteiger charge is -2.49. The smallest absolute Gasteiger partial charge is 0.222 e. The van der Waals surface area contributed by atoms with Gasteiger partial charge in [-0.2, -0.15) is 0 Å². The van der Waals surface area contributed by atoms with E-state index in [4.69, 9.17) is 0 Å². The minimum atomic E-state index is 0.0969. The lowest BCUT2D eigenvalue weighted by Crippen LogP contribution is -2.61. The summed E-state index contributed by atoms with van der Waals surface area (Å²) in [6, 6.07) is 7.87. The van der Waals surface area contributed by atoms with E-state index in [0.29, 0.717) is 12.8 Å². The van der Waals surface area contributed by atoms with Crippen molar-refractivity contribution in [2.75, 3.05) is 46.8 Å². The molecule has 2 aliphatic heterocycles. The fourth-order valence-electron chi connectivity index (χ4n) is 4.38. The van der Waals surface area contributed by atoms with Crippen LogP contribution in [0.25, 0.3) is 0 Å². The van der Waals surface area contributed by atoms with Crippen LogP contribution < -0.4 is 0 Å². The summed E-state index contributed by atoms with van der Waals surface area (Å²) in [4.78, 5) is 31.3. The quantitative estimate of drug-likeness (QED) is 0.746. The molecule has 27 heavy (non-hydrogen) atoms. The summed E-state index contributed by atoms with van der Waals surface area (Å²) >= 11 is 0. The summed E-state index contributed by atoms with van der Waals surface area (Å²) in [6.45, 7) is 6.91. The molecule has 5 heteroatoms. The third kappa shape index (κ3) is 4.77. The molecule has 0 unspecified atom stereocenters. The number of benzene rings is 1. The average molecular weight is 372 g/mol. The predicted octanol–water partition coefficient (Wildman–Crippen LogP) is 2.59. The van der Waals surface area contributed by atoms with Crippen LogP contribution in [0.15, 0.2) is 24.3 Å². The Morgan fingerprint density at radius 3 is 2.56 bits per heavy atom. The Balaban J connectivity index is 1.53. The third-order valence-electron chi connectivity index (χ3n) is 6.47. The first-order chi connectivity index (χ1) is 12.9. The number of Topliss-reactive ketones (excluding diaryl/α,β-unsaturated/α-hetero) is 1. The van der Waals surface area contributed by atoms with Gasteiger partial charge in [-0.1, -0.05) is 29.8 Å². The molecule has 2 aliphatic rings. The molecule has 1 spiro atoms. The van der Waals surface area contributed by atoms with Gasteiger partial charge in [-0.3, -0.25) is 14.5 Å². The summed E-state index contributed by atoms with van der Waals surface area (Å²) in [5, 5.41) is 0. The van der Waals surface area contributed by atoms with Crippen LogP contribution in [0.1, 0.15) is 48.0 Å². The first kappa shape index (κ1) is 20.0. The van der Waals surface area contributed by atoms with Crippen molar-refractivity contribution >= 4 is 11.7 Å². The summed E-state index contributed by atoms with van der Waals surface area (Å²) in [6.07, 6.45) is 4.10. The summed E-state index contributed by atoms with van der Waals surface area (Å²) in [7, 11) is 4.12. The van der Waals surface area contributed by atoms with Crippen molar-refractivity contribution in [3.8, 4) is 0 Å². The molecular formula is C22H33N3O2. The molecule has 0 aromatic heterocycles. The van der Waals surface area contributed by atoms with Gasteiger partial charge in [0.05, 0.1) is 0 Å². The number of piperazine rings is 1. The van der Waals surface area contributed by atoms with Gasteiger partial charge in [0, 0.05) is 57.2 Å². The third-order valence-corrected chi connectivity index (χ3v) is 6.47. The van der Waals surface area contributed by atoms with Gasteiger partial charge in [-0.25, -0.2) is 0 Å². The summed E-state index contributed by atoms with van der Waals surface area (Å²) < 4.78 is 0. The fraction of sp³-hybridized carbons (Fsp3) is 0.636. The van der Waals surface area contributed by atoms with Crippen molar-refractivity contribution in [2.45, 2.75) is 44.6 Å². The van der Waals surface area contributed by atoms with Crippen LogP contribution in [0, 0.1) is 6.92 Å². The molecule has 0 saturated carbocycles. The molecular weight excluding hydrogens is 338 g/mol. The van der Waals surface area contributed by atoms with Crippen LogP contribution in [-0.2, 0) is 4.79 Å². The number of aryl methyl sites for hydroxylation is 1. The lowest BCUT2D eigenvalue weighted by atomic mass is 9.86. The second-order valence-electron chi connectivity index (χ2n) is 8.38. The minimum Gasteiger partial charge on any atom is -0.346 e. The number of rotatable bonds is 5. The van der Waals surface area contributed by atoms with Gasteiger partial charge in [-0.15, -0.1) is 0 Å². The zero-order valence-electron chi connectivity index (χ0n) is 17.0. The van der Waals surface area contributed by atoms with Gasteiger partial charge in [-0.05, 0) is 39.8 Å². The highest BCUT2D eigenvalue weighted by molar-refractivity contribution is 5.96. The second kappa shape index (κ2) is 8.53. The molecule has 1 aromatic carbocycles. The van der Waals surface area contributed by atoms with Gasteiger partial charge in [0.1, 0.15) is 0 Å².